The Labute approximate surface area is 153 Å². The third-order valence-electron chi connectivity index (χ3n) is 4.79. The van der Waals surface area contributed by atoms with E-state index in [2.05, 4.69) is 15.4 Å². The van der Waals surface area contributed by atoms with Crippen LogP contribution in [0.3, 0.4) is 0 Å². The summed E-state index contributed by atoms with van der Waals surface area (Å²) in [5.41, 5.74) is 2.77. The molecule has 0 saturated heterocycles. The van der Waals surface area contributed by atoms with Crippen LogP contribution in [0.25, 0.3) is 16.9 Å². The minimum atomic E-state index is 0.445. The molecule has 0 spiro atoms. The van der Waals surface area contributed by atoms with Gasteiger partial charge in [0.05, 0.1) is 31.7 Å². The molecule has 0 bridgehead atoms. The standard InChI is InChI=1S/C20H24N4O2/c1-25-17-8-4-5-15(13-17)18-14-22-20-10-9-19(23-24(18)20)21-11-12-26-16-6-2-3-7-16/h4-5,8-10,13-14,16H,2-3,6-7,11-12H2,1H3,(H,21,23). The van der Waals surface area contributed by atoms with Crippen molar-refractivity contribution in [2.24, 2.45) is 0 Å². The summed E-state index contributed by atoms with van der Waals surface area (Å²) in [7, 11) is 1.67. The average molecular weight is 352 g/mol. The lowest BCUT2D eigenvalue weighted by molar-refractivity contribution is 0.0658. The predicted octanol–water partition coefficient (Wildman–Crippen LogP) is 3.78. The van der Waals surface area contributed by atoms with E-state index in [-0.39, 0.29) is 0 Å². The highest BCUT2D eigenvalue weighted by molar-refractivity contribution is 5.65. The van der Waals surface area contributed by atoms with Crippen molar-refractivity contribution in [2.75, 3.05) is 25.6 Å². The molecule has 1 aliphatic carbocycles. The van der Waals surface area contributed by atoms with Crippen molar-refractivity contribution in [3.05, 3.63) is 42.6 Å². The number of methoxy groups -OCH3 is 1. The molecule has 6 heteroatoms. The second-order valence-corrected chi connectivity index (χ2v) is 6.57. The molecule has 6 nitrogen and oxygen atoms in total. The summed E-state index contributed by atoms with van der Waals surface area (Å²) >= 11 is 0. The lowest BCUT2D eigenvalue weighted by atomic mass is 10.1. The van der Waals surface area contributed by atoms with Gasteiger partial charge >= 0.3 is 0 Å². The van der Waals surface area contributed by atoms with E-state index >= 15 is 0 Å². The van der Waals surface area contributed by atoms with Crippen LogP contribution in [0.2, 0.25) is 0 Å². The highest BCUT2D eigenvalue weighted by Gasteiger charge is 2.14. The average Bonchev–Trinajstić information content (AvgIpc) is 3.34. The van der Waals surface area contributed by atoms with Crippen molar-refractivity contribution < 1.29 is 9.47 Å². The largest absolute Gasteiger partial charge is 0.497 e. The van der Waals surface area contributed by atoms with Gasteiger partial charge in [0.15, 0.2) is 5.65 Å². The highest BCUT2D eigenvalue weighted by atomic mass is 16.5. The van der Waals surface area contributed by atoms with Gasteiger partial charge in [0, 0.05) is 12.1 Å². The summed E-state index contributed by atoms with van der Waals surface area (Å²) in [6.45, 7) is 1.45. The fraction of sp³-hybridized carbons (Fsp3) is 0.400. The molecule has 26 heavy (non-hydrogen) atoms. The number of aromatic nitrogens is 3. The van der Waals surface area contributed by atoms with Gasteiger partial charge in [-0.2, -0.15) is 0 Å². The third kappa shape index (κ3) is 3.65. The summed E-state index contributed by atoms with van der Waals surface area (Å²) in [4.78, 5) is 4.45. The first-order valence-electron chi connectivity index (χ1n) is 9.18. The molecule has 1 aromatic carbocycles. The topological polar surface area (TPSA) is 60.7 Å². The number of hydrogen-bond donors (Lipinski definition) is 1. The van der Waals surface area contributed by atoms with Crippen LogP contribution in [-0.2, 0) is 4.74 Å². The normalized spacial score (nSPS) is 14.8. The van der Waals surface area contributed by atoms with Crippen molar-refractivity contribution in [1.82, 2.24) is 14.6 Å². The molecule has 0 radical (unpaired) electrons. The van der Waals surface area contributed by atoms with Gasteiger partial charge in [-0.25, -0.2) is 9.50 Å². The summed E-state index contributed by atoms with van der Waals surface area (Å²) in [6.07, 6.45) is 7.27. The zero-order valence-corrected chi connectivity index (χ0v) is 15.0. The Bertz CT molecular complexity index is 871. The molecule has 1 aliphatic rings. The Kier molecular flexibility index (Phi) is 5.02. The molecular formula is C20H24N4O2. The maximum absolute atomic E-state index is 5.89. The number of nitrogens with one attached hydrogen (secondary N) is 1. The predicted molar refractivity (Wildman–Crippen MR) is 102 cm³/mol. The number of anilines is 1. The van der Waals surface area contributed by atoms with Gasteiger partial charge in [0.25, 0.3) is 0 Å². The highest BCUT2D eigenvalue weighted by Crippen LogP contribution is 2.24. The quantitative estimate of drug-likeness (QED) is 0.656. The Morgan fingerprint density at radius 2 is 2.08 bits per heavy atom. The molecular weight excluding hydrogens is 328 g/mol. The Hall–Kier alpha value is -2.60. The van der Waals surface area contributed by atoms with E-state index in [1.54, 1.807) is 7.11 Å². The summed E-state index contributed by atoms with van der Waals surface area (Å²) in [6, 6.07) is 11.8. The zero-order chi connectivity index (χ0) is 17.8. The molecule has 0 atom stereocenters. The summed E-state index contributed by atoms with van der Waals surface area (Å²) < 4.78 is 13.1. The number of benzene rings is 1. The molecule has 0 aliphatic heterocycles. The SMILES string of the molecule is COc1cccc(-c2cnc3ccc(NCCOC4CCCC4)nn23)c1. The monoisotopic (exact) mass is 352 g/mol. The summed E-state index contributed by atoms with van der Waals surface area (Å²) in [5.74, 6) is 1.63. The second kappa shape index (κ2) is 7.74. The smallest absolute Gasteiger partial charge is 0.154 e. The first-order valence-corrected chi connectivity index (χ1v) is 9.18. The number of imidazole rings is 1. The van der Waals surface area contributed by atoms with Crippen LogP contribution < -0.4 is 10.1 Å². The van der Waals surface area contributed by atoms with Crippen LogP contribution in [0.1, 0.15) is 25.7 Å². The maximum atomic E-state index is 5.89. The van der Waals surface area contributed by atoms with Crippen molar-refractivity contribution in [1.29, 1.82) is 0 Å². The van der Waals surface area contributed by atoms with E-state index in [9.17, 15) is 0 Å². The molecule has 0 amide bonds. The Morgan fingerprint density at radius 3 is 2.92 bits per heavy atom. The lowest BCUT2D eigenvalue weighted by Crippen LogP contribution is -2.16. The number of hydrogen-bond acceptors (Lipinski definition) is 5. The second-order valence-electron chi connectivity index (χ2n) is 6.57. The van der Waals surface area contributed by atoms with Gasteiger partial charge in [-0.15, -0.1) is 5.10 Å². The van der Waals surface area contributed by atoms with Crippen LogP contribution in [0.15, 0.2) is 42.6 Å². The molecule has 1 saturated carbocycles. The van der Waals surface area contributed by atoms with Crippen LogP contribution in [0.5, 0.6) is 5.75 Å². The van der Waals surface area contributed by atoms with E-state index in [1.807, 2.05) is 47.1 Å². The maximum Gasteiger partial charge on any atom is 0.154 e. The Morgan fingerprint density at radius 1 is 1.19 bits per heavy atom. The molecule has 2 heterocycles. The van der Waals surface area contributed by atoms with Crippen LogP contribution >= 0.6 is 0 Å². The fourth-order valence-electron chi connectivity index (χ4n) is 3.41. The van der Waals surface area contributed by atoms with E-state index in [4.69, 9.17) is 9.47 Å². The molecule has 2 aromatic heterocycles. The number of ether oxygens (including phenoxy) is 2. The van der Waals surface area contributed by atoms with Crippen LogP contribution in [0.4, 0.5) is 5.82 Å². The van der Waals surface area contributed by atoms with Crippen molar-refractivity contribution in [2.45, 2.75) is 31.8 Å². The van der Waals surface area contributed by atoms with Crippen molar-refractivity contribution in [3.63, 3.8) is 0 Å². The first-order chi connectivity index (χ1) is 12.8. The van der Waals surface area contributed by atoms with Gasteiger partial charge < -0.3 is 14.8 Å². The van der Waals surface area contributed by atoms with Crippen molar-refractivity contribution in [3.8, 4) is 17.0 Å². The fourth-order valence-corrected chi connectivity index (χ4v) is 3.41. The molecule has 4 rings (SSSR count). The van der Waals surface area contributed by atoms with Gasteiger partial charge in [0.1, 0.15) is 11.6 Å². The lowest BCUT2D eigenvalue weighted by Gasteiger charge is -2.12. The van der Waals surface area contributed by atoms with E-state index in [1.165, 1.54) is 25.7 Å². The van der Waals surface area contributed by atoms with Gasteiger partial charge in [-0.3, -0.25) is 0 Å². The Balaban J connectivity index is 1.47. The minimum Gasteiger partial charge on any atom is -0.497 e. The van der Waals surface area contributed by atoms with Gasteiger partial charge in [0.2, 0.25) is 0 Å². The van der Waals surface area contributed by atoms with Gasteiger partial charge in [-0.1, -0.05) is 25.0 Å². The van der Waals surface area contributed by atoms with E-state index in [0.29, 0.717) is 12.7 Å². The summed E-state index contributed by atoms with van der Waals surface area (Å²) in [5, 5.41) is 8.03. The van der Waals surface area contributed by atoms with Crippen LogP contribution in [0, 0.1) is 0 Å². The molecule has 1 fully saturated rings. The molecule has 136 valence electrons. The third-order valence-corrected chi connectivity index (χ3v) is 4.79. The first kappa shape index (κ1) is 16.8. The molecule has 0 unspecified atom stereocenters. The number of fused-ring (bicyclic) bond motifs is 1. The van der Waals surface area contributed by atoms with Crippen molar-refractivity contribution >= 4 is 11.5 Å². The minimum absolute atomic E-state index is 0.445. The van der Waals surface area contributed by atoms with E-state index < -0.39 is 0 Å². The van der Waals surface area contributed by atoms with E-state index in [0.717, 1.165) is 35.0 Å². The zero-order valence-electron chi connectivity index (χ0n) is 15.0. The molecule has 1 N–H and O–H groups in total. The van der Waals surface area contributed by atoms with Gasteiger partial charge in [-0.05, 0) is 37.1 Å². The number of nitrogens with zero attached hydrogens (tertiary/aromatic N) is 3. The van der Waals surface area contributed by atoms with Crippen LogP contribution in [-0.4, -0.2) is 41.0 Å². The molecule has 3 aromatic rings. The number of rotatable bonds is 7.